The van der Waals surface area contributed by atoms with Crippen molar-refractivity contribution in [3.63, 3.8) is 0 Å². The average Bonchev–Trinajstić information content (AvgIpc) is 2.45. The van der Waals surface area contributed by atoms with Crippen LogP contribution in [0.1, 0.15) is 18.5 Å². The summed E-state index contributed by atoms with van der Waals surface area (Å²) in [5.41, 5.74) is 7.05. The van der Waals surface area contributed by atoms with Crippen molar-refractivity contribution >= 4 is 27.5 Å². The first-order valence-electron chi connectivity index (χ1n) is 6.93. The van der Waals surface area contributed by atoms with Crippen LogP contribution in [0.3, 0.4) is 0 Å². The molecule has 21 heavy (non-hydrogen) atoms. The Morgan fingerprint density at radius 2 is 2.05 bits per heavy atom. The number of ether oxygens (including phenoxy) is 2. The van der Waals surface area contributed by atoms with Gasteiger partial charge in [0.1, 0.15) is 0 Å². The lowest BCUT2D eigenvalue weighted by molar-refractivity contribution is 0.0487. The van der Waals surface area contributed by atoms with Gasteiger partial charge in [-0.1, -0.05) is 33.6 Å². The number of nitrogens with zero attached hydrogens (tertiary/aromatic N) is 1. The van der Waals surface area contributed by atoms with Gasteiger partial charge in [-0.25, -0.2) is 0 Å². The summed E-state index contributed by atoms with van der Waals surface area (Å²) in [5.74, 6) is 0. The Kier molecular flexibility index (Phi) is 8.78. The van der Waals surface area contributed by atoms with Crippen LogP contribution >= 0.6 is 27.5 Å². The molecule has 0 spiro atoms. The molecule has 0 amide bonds. The molecule has 0 fully saturated rings. The Hall–Kier alpha value is -0.170. The van der Waals surface area contributed by atoms with E-state index >= 15 is 0 Å². The van der Waals surface area contributed by atoms with Crippen molar-refractivity contribution < 1.29 is 9.47 Å². The van der Waals surface area contributed by atoms with Gasteiger partial charge in [0.05, 0.1) is 13.2 Å². The van der Waals surface area contributed by atoms with Gasteiger partial charge in [-0.15, -0.1) is 0 Å². The van der Waals surface area contributed by atoms with Crippen LogP contribution in [0.15, 0.2) is 22.7 Å². The van der Waals surface area contributed by atoms with Crippen LogP contribution in [0.4, 0.5) is 0 Å². The van der Waals surface area contributed by atoms with E-state index in [1.165, 1.54) is 0 Å². The number of benzene rings is 1. The molecule has 0 bridgehead atoms. The molecule has 0 saturated heterocycles. The van der Waals surface area contributed by atoms with Gasteiger partial charge in [0.15, 0.2) is 0 Å². The van der Waals surface area contributed by atoms with E-state index in [0.29, 0.717) is 24.8 Å². The van der Waals surface area contributed by atoms with E-state index in [4.69, 9.17) is 26.8 Å². The van der Waals surface area contributed by atoms with E-state index in [2.05, 4.69) is 27.8 Å². The zero-order valence-electron chi connectivity index (χ0n) is 12.8. The lowest BCUT2D eigenvalue weighted by atomic mass is 10.0. The first-order valence-corrected chi connectivity index (χ1v) is 8.10. The van der Waals surface area contributed by atoms with E-state index in [9.17, 15) is 0 Å². The fourth-order valence-corrected chi connectivity index (χ4v) is 3.23. The molecule has 0 radical (unpaired) electrons. The van der Waals surface area contributed by atoms with Crippen molar-refractivity contribution in [3.05, 3.63) is 33.3 Å². The summed E-state index contributed by atoms with van der Waals surface area (Å²) in [6.07, 6.45) is 0. The molecule has 120 valence electrons. The fourth-order valence-electron chi connectivity index (χ4n) is 2.43. The van der Waals surface area contributed by atoms with Crippen LogP contribution in [-0.4, -0.2) is 51.5 Å². The van der Waals surface area contributed by atoms with E-state index < -0.39 is 0 Å². The molecular weight excluding hydrogens is 356 g/mol. The Bertz CT molecular complexity index is 434. The van der Waals surface area contributed by atoms with E-state index in [1.54, 1.807) is 14.2 Å². The smallest absolute Gasteiger partial charge is 0.0615 e. The van der Waals surface area contributed by atoms with Crippen molar-refractivity contribution in [1.29, 1.82) is 0 Å². The van der Waals surface area contributed by atoms with Crippen LogP contribution in [0.25, 0.3) is 0 Å². The maximum atomic E-state index is 6.39. The lowest BCUT2D eigenvalue weighted by Crippen LogP contribution is -2.44. The highest BCUT2D eigenvalue weighted by Gasteiger charge is 2.25. The standard InChI is InChI=1S/C15H24BrClN2O2/c1-11(10-21-3)19(6-7-20-2)15(9-18)13-5-4-12(16)8-14(13)17/h4-5,8,11,15H,6-7,9-10,18H2,1-3H3. The van der Waals surface area contributed by atoms with Gasteiger partial charge in [0.25, 0.3) is 0 Å². The number of nitrogens with two attached hydrogens (primary N) is 1. The number of hydrogen-bond donors (Lipinski definition) is 1. The molecule has 0 aliphatic heterocycles. The maximum Gasteiger partial charge on any atom is 0.0615 e. The van der Waals surface area contributed by atoms with Crippen LogP contribution in [0.2, 0.25) is 5.02 Å². The summed E-state index contributed by atoms with van der Waals surface area (Å²) in [6.45, 7) is 4.65. The SMILES string of the molecule is COCCN(C(C)COC)C(CN)c1ccc(Br)cc1Cl. The van der Waals surface area contributed by atoms with Crippen molar-refractivity contribution in [3.8, 4) is 0 Å². The third-order valence-electron chi connectivity index (χ3n) is 3.47. The highest BCUT2D eigenvalue weighted by molar-refractivity contribution is 9.10. The summed E-state index contributed by atoms with van der Waals surface area (Å²) < 4.78 is 11.5. The Labute approximate surface area is 140 Å². The monoisotopic (exact) mass is 378 g/mol. The largest absolute Gasteiger partial charge is 0.383 e. The normalized spacial score (nSPS) is 14.4. The van der Waals surface area contributed by atoms with Gasteiger partial charge in [-0.2, -0.15) is 0 Å². The van der Waals surface area contributed by atoms with Gasteiger partial charge < -0.3 is 15.2 Å². The number of methoxy groups -OCH3 is 2. The minimum absolute atomic E-state index is 0.0332. The summed E-state index contributed by atoms with van der Waals surface area (Å²) in [4.78, 5) is 2.28. The van der Waals surface area contributed by atoms with Gasteiger partial charge in [-0.05, 0) is 24.6 Å². The third-order valence-corrected chi connectivity index (χ3v) is 4.29. The molecule has 0 aliphatic carbocycles. The molecule has 2 atom stereocenters. The molecule has 1 aromatic carbocycles. The second-order valence-electron chi connectivity index (χ2n) is 4.95. The molecule has 0 aliphatic rings. The van der Waals surface area contributed by atoms with Crippen molar-refractivity contribution in [2.24, 2.45) is 5.73 Å². The zero-order valence-corrected chi connectivity index (χ0v) is 15.2. The van der Waals surface area contributed by atoms with Crippen LogP contribution in [-0.2, 0) is 9.47 Å². The molecular formula is C15H24BrClN2O2. The molecule has 4 nitrogen and oxygen atoms in total. The van der Waals surface area contributed by atoms with Gasteiger partial charge in [0.2, 0.25) is 0 Å². The number of rotatable bonds is 9. The van der Waals surface area contributed by atoms with Gasteiger partial charge in [0, 0.05) is 48.9 Å². The highest BCUT2D eigenvalue weighted by atomic mass is 79.9. The molecule has 0 aromatic heterocycles. The van der Waals surface area contributed by atoms with Crippen molar-refractivity contribution in [2.75, 3.05) is 40.5 Å². The molecule has 0 saturated carbocycles. The molecule has 1 aromatic rings. The zero-order chi connectivity index (χ0) is 15.8. The molecule has 6 heteroatoms. The second-order valence-corrected chi connectivity index (χ2v) is 6.28. The van der Waals surface area contributed by atoms with Gasteiger partial charge in [-0.3, -0.25) is 4.90 Å². The van der Waals surface area contributed by atoms with E-state index in [1.807, 2.05) is 18.2 Å². The molecule has 1 rings (SSSR count). The Morgan fingerprint density at radius 1 is 1.33 bits per heavy atom. The summed E-state index contributed by atoms with van der Waals surface area (Å²) >= 11 is 9.82. The van der Waals surface area contributed by atoms with Crippen LogP contribution < -0.4 is 5.73 Å². The minimum atomic E-state index is 0.0332. The number of hydrogen-bond acceptors (Lipinski definition) is 4. The molecule has 2 N–H and O–H groups in total. The molecule has 0 heterocycles. The predicted molar refractivity (Wildman–Crippen MR) is 90.9 cm³/mol. The van der Waals surface area contributed by atoms with E-state index in [0.717, 1.165) is 16.6 Å². The third kappa shape index (κ3) is 5.51. The van der Waals surface area contributed by atoms with E-state index in [-0.39, 0.29) is 12.1 Å². The van der Waals surface area contributed by atoms with Crippen molar-refractivity contribution in [2.45, 2.75) is 19.0 Å². The lowest BCUT2D eigenvalue weighted by Gasteiger charge is -2.36. The Balaban J connectivity index is 3.04. The average molecular weight is 380 g/mol. The second kappa shape index (κ2) is 9.77. The highest BCUT2D eigenvalue weighted by Crippen LogP contribution is 2.30. The Morgan fingerprint density at radius 3 is 2.57 bits per heavy atom. The van der Waals surface area contributed by atoms with Crippen LogP contribution in [0, 0.1) is 0 Å². The first-order chi connectivity index (χ1) is 10.0. The summed E-state index contributed by atoms with van der Waals surface area (Å²) in [5, 5.41) is 0.715. The summed E-state index contributed by atoms with van der Waals surface area (Å²) in [7, 11) is 3.40. The number of halogens is 2. The topological polar surface area (TPSA) is 47.7 Å². The minimum Gasteiger partial charge on any atom is -0.383 e. The van der Waals surface area contributed by atoms with Crippen LogP contribution in [0.5, 0.6) is 0 Å². The fraction of sp³-hybridized carbons (Fsp3) is 0.600. The maximum absolute atomic E-state index is 6.39. The summed E-state index contributed by atoms with van der Waals surface area (Å²) in [6, 6.07) is 6.15. The predicted octanol–water partition coefficient (Wildman–Crippen LogP) is 3.09. The quantitative estimate of drug-likeness (QED) is 0.716. The molecule has 2 unspecified atom stereocenters. The van der Waals surface area contributed by atoms with Crippen molar-refractivity contribution in [1.82, 2.24) is 4.90 Å². The van der Waals surface area contributed by atoms with Gasteiger partial charge >= 0.3 is 0 Å². The first kappa shape index (κ1) is 18.9.